The average molecular weight is 290 g/mol. The van der Waals surface area contributed by atoms with Gasteiger partial charge in [-0.25, -0.2) is 0 Å². The number of carbonyl (C=O) groups is 1. The Bertz CT molecular complexity index is 471. The number of aromatic nitrogens is 1. The zero-order chi connectivity index (χ0) is 14.1. The van der Waals surface area contributed by atoms with Crippen LogP contribution in [0.4, 0.5) is 0 Å². The van der Waals surface area contributed by atoms with Crippen LogP contribution in [0.25, 0.3) is 0 Å². The van der Waals surface area contributed by atoms with Crippen molar-refractivity contribution in [2.75, 3.05) is 0 Å². The lowest BCUT2D eigenvalue weighted by Crippen LogP contribution is -2.41. The van der Waals surface area contributed by atoms with E-state index in [9.17, 15) is 4.79 Å². The highest BCUT2D eigenvalue weighted by Crippen LogP contribution is 2.46. The van der Waals surface area contributed by atoms with Crippen molar-refractivity contribution in [2.45, 2.75) is 56.2 Å². The molecular formula is C16H22N2OS. The van der Waals surface area contributed by atoms with Crippen LogP contribution >= 0.6 is 11.8 Å². The van der Waals surface area contributed by atoms with Gasteiger partial charge < -0.3 is 4.90 Å². The SMILES string of the molecule is CC1CCC(N2C(=O)C(C)SC2c2cccnc2)CC1. The van der Waals surface area contributed by atoms with Crippen molar-refractivity contribution in [2.24, 2.45) is 5.92 Å². The maximum absolute atomic E-state index is 12.6. The van der Waals surface area contributed by atoms with E-state index in [0.29, 0.717) is 11.9 Å². The van der Waals surface area contributed by atoms with Gasteiger partial charge in [0, 0.05) is 24.0 Å². The summed E-state index contributed by atoms with van der Waals surface area (Å²) in [5.74, 6) is 1.12. The number of hydrogen-bond acceptors (Lipinski definition) is 3. The molecule has 0 bridgehead atoms. The summed E-state index contributed by atoms with van der Waals surface area (Å²) >= 11 is 1.77. The maximum Gasteiger partial charge on any atom is 0.236 e. The first-order valence-electron chi connectivity index (χ1n) is 7.54. The minimum absolute atomic E-state index is 0.0690. The van der Waals surface area contributed by atoms with Gasteiger partial charge in [-0.3, -0.25) is 9.78 Å². The van der Waals surface area contributed by atoms with E-state index in [4.69, 9.17) is 0 Å². The minimum Gasteiger partial charge on any atom is -0.323 e. The molecule has 3 nitrogen and oxygen atoms in total. The zero-order valence-electron chi connectivity index (χ0n) is 12.2. The van der Waals surface area contributed by atoms with Gasteiger partial charge in [0.25, 0.3) is 0 Å². The molecule has 108 valence electrons. The molecule has 2 aliphatic rings. The van der Waals surface area contributed by atoms with Crippen molar-refractivity contribution < 1.29 is 4.79 Å². The molecule has 3 rings (SSSR count). The molecule has 1 saturated carbocycles. The predicted octanol–water partition coefficient (Wildman–Crippen LogP) is 3.62. The summed E-state index contributed by atoms with van der Waals surface area (Å²) < 4.78 is 0. The first-order valence-corrected chi connectivity index (χ1v) is 8.48. The first kappa shape index (κ1) is 13.9. The highest BCUT2D eigenvalue weighted by molar-refractivity contribution is 8.01. The average Bonchev–Trinajstić information content (AvgIpc) is 2.77. The molecule has 20 heavy (non-hydrogen) atoms. The molecule has 0 spiro atoms. The lowest BCUT2D eigenvalue weighted by Gasteiger charge is -2.36. The lowest BCUT2D eigenvalue weighted by atomic mass is 9.86. The van der Waals surface area contributed by atoms with E-state index in [2.05, 4.69) is 22.9 Å². The summed E-state index contributed by atoms with van der Waals surface area (Å²) in [5, 5.41) is 0.226. The second-order valence-corrected chi connectivity index (χ2v) is 7.50. The molecule has 0 N–H and O–H groups in total. The Labute approximate surface area is 125 Å². The lowest BCUT2D eigenvalue weighted by molar-refractivity contribution is -0.133. The summed E-state index contributed by atoms with van der Waals surface area (Å²) in [6.07, 6.45) is 8.48. The molecule has 2 atom stereocenters. The van der Waals surface area contributed by atoms with Crippen molar-refractivity contribution >= 4 is 17.7 Å². The van der Waals surface area contributed by atoms with Crippen LogP contribution in [0.1, 0.15) is 50.5 Å². The molecular weight excluding hydrogens is 268 g/mol. The highest BCUT2D eigenvalue weighted by atomic mass is 32.2. The van der Waals surface area contributed by atoms with Crippen molar-refractivity contribution in [1.29, 1.82) is 0 Å². The number of thioether (sulfide) groups is 1. The van der Waals surface area contributed by atoms with Gasteiger partial charge in [-0.1, -0.05) is 13.0 Å². The van der Waals surface area contributed by atoms with E-state index >= 15 is 0 Å². The van der Waals surface area contributed by atoms with Gasteiger partial charge in [0.2, 0.25) is 5.91 Å². The number of nitrogens with zero attached hydrogens (tertiary/aromatic N) is 2. The zero-order valence-corrected chi connectivity index (χ0v) is 13.0. The standard InChI is InChI=1S/C16H22N2OS/c1-11-5-7-14(8-6-11)18-15(19)12(2)20-16(18)13-4-3-9-17-10-13/h3-4,9-12,14,16H,5-8H2,1-2H3. The second kappa shape index (κ2) is 5.76. The molecule has 4 heteroatoms. The third kappa shape index (κ3) is 2.58. The van der Waals surface area contributed by atoms with Crippen molar-refractivity contribution in [1.82, 2.24) is 9.88 Å². The first-order chi connectivity index (χ1) is 9.66. The Hall–Kier alpha value is -1.03. The third-order valence-electron chi connectivity index (χ3n) is 4.54. The van der Waals surface area contributed by atoms with Gasteiger partial charge in [0.1, 0.15) is 5.37 Å². The summed E-state index contributed by atoms with van der Waals surface area (Å²) in [7, 11) is 0. The third-order valence-corrected chi connectivity index (χ3v) is 5.90. The molecule has 2 heterocycles. The number of rotatable bonds is 2. The van der Waals surface area contributed by atoms with Crippen LogP contribution in [0.3, 0.4) is 0 Å². The fourth-order valence-electron chi connectivity index (χ4n) is 3.30. The quantitative estimate of drug-likeness (QED) is 0.834. The number of pyridine rings is 1. The van der Waals surface area contributed by atoms with Crippen LogP contribution < -0.4 is 0 Å². The van der Waals surface area contributed by atoms with Crippen LogP contribution in [0, 0.1) is 5.92 Å². The summed E-state index contributed by atoms with van der Waals surface area (Å²) in [4.78, 5) is 18.9. The van der Waals surface area contributed by atoms with E-state index in [0.717, 1.165) is 24.3 Å². The molecule has 1 aliphatic heterocycles. The van der Waals surface area contributed by atoms with Gasteiger partial charge in [-0.05, 0) is 44.6 Å². The Kier molecular flexibility index (Phi) is 4.01. The van der Waals surface area contributed by atoms with Crippen LogP contribution in [-0.4, -0.2) is 27.1 Å². The van der Waals surface area contributed by atoms with E-state index in [1.54, 1.807) is 18.0 Å². The molecule has 1 saturated heterocycles. The topological polar surface area (TPSA) is 33.2 Å². The smallest absolute Gasteiger partial charge is 0.236 e. The Morgan fingerprint density at radius 3 is 2.65 bits per heavy atom. The summed E-state index contributed by atoms with van der Waals surface area (Å²) in [5.41, 5.74) is 1.16. The van der Waals surface area contributed by atoms with Crippen LogP contribution in [-0.2, 0) is 4.79 Å². The Morgan fingerprint density at radius 2 is 2.00 bits per heavy atom. The van der Waals surface area contributed by atoms with Gasteiger partial charge in [0.05, 0.1) is 5.25 Å². The number of hydrogen-bond donors (Lipinski definition) is 0. The van der Waals surface area contributed by atoms with Crippen molar-refractivity contribution in [3.63, 3.8) is 0 Å². The number of carbonyl (C=O) groups excluding carboxylic acids is 1. The van der Waals surface area contributed by atoms with E-state index in [1.165, 1.54) is 12.8 Å². The molecule has 2 fully saturated rings. The largest absolute Gasteiger partial charge is 0.323 e. The van der Waals surface area contributed by atoms with Gasteiger partial charge in [-0.15, -0.1) is 11.8 Å². The summed E-state index contributed by atoms with van der Waals surface area (Å²) in [6, 6.07) is 4.47. The van der Waals surface area contributed by atoms with Crippen molar-refractivity contribution in [3.05, 3.63) is 30.1 Å². The van der Waals surface area contributed by atoms with Crippen LogP contribution in [0.5, 0.6) is 0 Å². The van der Waals surface area contributed by atoms with E-state index in [-0.39, 0.29) is 10.6 Å². The second-order valence-electron chi connectivity index (χ2n) is 6.08. The predicted molar refractivity (Wildman–Crippen MR) is 82.3 cm³/mol. The monoisotopic (exact) mass is 290 g/mol. The van der Waals surface area contributed by atoms with Gasteiger partial charge in [0.15, 0.2) is 0 Å². The number of amides is 1. The highest BCUT2D eigenvalue weighted by Gasteiger charge is 2.42. The fourth-order valence-corrected chi connectivity index (χ4v) is 4.62. The van der Waals surface area contributed by atoms with Gasteiger partial charge in [-0.2, -0.15) is 0 Å². The Morgan fingerprint density at radius 1 is 1.25 bits per heavy atom. The van der Waals surface area contributed by atoms with Gasteiger partial charge >= 0.3 is 0 Å². The molecule has 1 aromatic heterocycles. The Balaban J connectivity index is 1.83. The molecule has 0 radical (unpaired) electrons. The fraction of sp³-hybridized carbons (Fsp3) is 0.625. The molecule has 2 unspecified atom stereocenters. The van der Waals surface area contributed by atoms with Crippen molar-refractivity contribution in [3.8, 4) is 0 Å². The molecule has 1 amide bonds. The molecule has 1 aliphatic carbocycles. The maximum atomic E-state index is 12.6. The minimum atomic E-state index is 0.0690. The van der Waals surface area contributed by atoms with E-state index in [1.807, 2.05) is 19.2 Å². The normalized spacial score (nSPS) is 34.5. The summed E-state index contributed by atoms with van der Waals surface area (Å²) in [6.45, 7) is 4.35. The van der Waals surface area contributed by atoms with Crippen LogP contribution in [0.15, 0.2) is 24.5 Å². The molecule has 1 aromatic rings. The van der Waals surface area contributed by atoms with Crippen LogP contribution in [0.2, 0.25) is 0 Å². The molecule has 0 aromatic carbocycles. The van der Waals surface area contributed by atoms with E-state index < -0.39 is 0 Å².